The van der Waals surface area contributed by atoms with Crippen LogP contribution in [0.15, 0.2) is 36.7 Å². The van der Waals surface area contributed by atoms with E-state index in [0.717, 1.165) is 24.5 Å². The zero-order chi connectivity index (χ0) is 21.3. The smallest absolute Gasteiger partial charge is 0.293 e. The number of nitrogens with zero attached hydrogens (tertiary/aromatic N) is 5. The van der Waals surface area contributed by atoms with Gasteiger partial charge in [0.25, 0.3) is 0 Å². The number of hydrogen-bond donors (Lipinski definition) is 1. The summed E-state index contributed by atoms with van der Waals surface area (Å²) in [4.78, 5) is 16.3. The monoisotopic (exact) mass is 438 g/mol. The van der Waals surface area contributed by atoms with Gasteiger partial charge in [0.05, 0.1) is 13.1 Å². The zero-order valence-electron chi connectivity index (χ0n) is 15.7. The van der Waals surface area contributed by atoms with Crippen LogP contribution in [0.5, 0.6) is 0 Å². The van der Waals surface area contributed by atoms with Crippen molar-refractivity contribution in [3.05, 3.63) is 58.6 Å². The summed E-state index contributed by atoms with van der Waals surface area (Å²) in [7, 11) is 0. The Balaban J connectivity index is 1.35. The first-order valence-corrected chi connectivity index (χ1v) is 9.75. The molecular weight excluding hydrogens is 421 g/mol. The molecule has 1 aliphatic rings. The lowest BCUT2D eigenvalue weighted by Gasteiger charge is -2.06. The van der Waals surface area contributed by atoms with E-state index in [1.807, 2.05) is 18.2 Å². The second-order valence-electron chi connectivity index (χ2n) is 7.10. The van der Waals surface area contributed by atoms with Gasteiger partial charge in [-0.15, -0.1) is 5.10 Å². The first-order valence-electron chi connectivity index (χ1n) is 9.37. The van der Waals surface area contributed by atoms with E-state index in [2.05, 4.69) is 20.5 Å². The number of nitrogens with one attached hydrogen (secondary N) is 1. The number of carbonyl (C=O) groups is 1. The molecule has 2 heterocycles. The fourth-order valence-corrected chi connectivity index (χ4v) is 3.28. The second kappa shape index (κ2) is 8.10. The molecule has 0 aliphatic heterocycles. The largest absolute Gasteiger partial charge is 0.435 e. The van der Waals surface area contributed by atoms with Crippen molar-refractivity contribution >= 4 is 23.5 Å². The lowest BCUT2D eigenvalue weighted by molar-refractivity contribution is -0.141. The number of alkyl halides is 3. The highest BCUT2D eigenvalue weighted by atomic mass is 35.5. The molecule has 1 aliphatic carbocycles. The summed E-state index contributed by atoms with van der Waals surface area (Å²) in [6.45, 7) is 0.439. The standard InChI is InChI=1S/C19H18ClF3N6O/c20-14-4-2-1-3-13(14)10-28-11-24-18(27-28)25-17(30)7-8-29-15(12-5-6-12)9-16(26-29)19(21,22)23/h1-4,9,11-12H,5-8,10H2,(H,25,27,30). The molecule has 11 heteroatoms. The Bertz CT molecular complexity index is 1060. The summed E-state index contributed by atoms with van der Waals surface area (Å²) in [6.07, 6.45) is -1.41. The molecule has 0 saturated heterocycles. The first-order chi connectivity index (χ1) is 14.3. The van der Waals surface area contributed by atoms with Crippen molar-refractivity contribution in [2.75, 3.05) is 5.32 Å². The Morgan fingerprint density at radius 2 is 2.00 bits per heavy atom. The molecule has 1 saturated carbocycles. The number of benzene rings is 1. The van der Waals surface area contributed by atoms with Gasteiger partial charge in [0.1, 0.15) is 6.33 Å². The van der Waals surface area contributed by atoms with Crippen molar-refractivity contribution < 1.29 is 18.0 Å². The van der Waals surface area contributed by atoms with Crippen LogP contribution >= 0.6 is 11.6 Å². The second-order valence-corrected chi connectivity index (χ2v) is 7.51. The molecule has 1 amide bonds. The quantitative estimate of drug-likeness (QED) is 0.602. The fourth-order valence-electron chi connectivity index (χ4n) is 3.08. The van der Waals surface area contributed by atoms with Crippen LogP contribution in [0, 0.1) is 0 Å². The number of anilines is 1. The topological polar surface area (TPSA) is 77.6 Å². The third-order valence-corrected chi connectivity index (χ3v) is 5.09. The zero-order valence-corrected chi connectivity index (χ0v) is 16.5. The molecule has 2 aromatic heterocycles. The van der Waals surface area contributed by atoms with E-state index in [1.54, 1.807) is 6.07 Å². The molecule has 1 fully saturated rings. The number of hydrogen-bond acceptors (Lipinski definition) is 4. The molecule has 0 atom stereocenters. The normalized spacial score (nSPS) is 14.1. The summed E-state index contributed by atoms with van der Waals surface area (Å²) in [5.74, 6) is -0.207. The summed E-state index contributed by atoms with van der Waals surface area (Å²) < 4.78 is 41.7. The van der Waals surface area contributed by atoms with E-state index in [1.165, 1.54) is 15.7 Å². The van der Waals surface area contributed by atoms with Crippen LogP contribution in [-0.4, -0.2) is 30.5 Å². The number of aryl methyl sites for hydroxylation is 1. The molecule has 4 rings (SSSR count). The van der Waals surface area contributed by atoms with Crippen LogP contribution in [0.2, 0.25) is 5.02 Å². The van der Waals surface area contributed by atoms with Crippen LogP contribution in [0.1, 0.15) is 42.1 Å². The summed E-state index contributed by atoms with van der Waals surface area (Å²) in [5, 5.41) is 11.0. The van der Waals surface area contributed by atoms with Gasteiger partial charge in [-0.25, -0.2) is 9.67 Å². The fraction of sp³-hybridized carbons (Fsp3) is 0.368. The van der Waals surface area contributed by atoms with Crippen LogP contribution in [0.4, 0.5) is 19.1 Å². The van der Waals surface area contributed by atoms with Gasteiger partial charge in [0, 0.05) is 23.1 Å². The third kappa shape index (κ3) is 4.81. The molecule has 7 nitrogen and oxygen atoms in total. The number of halogens is 4. The lowest BCUT2D eigenvalue weighted by atomic mass is 10.2. The summed E-state index contributed by atoms with van der Waals surface area (Å²) in [6, 6.07) is 8.39. The molecule has 0 bridgehead atoms. The SMILES string of the molecule is O=C(CCn1nc(C(F)(F)F)cc1C1CC1)Nc1ncn(Cc2ccccc2Cl)n1. The summed E-state index contributed by atoms with van der Waals surface area (Å²) >= 11 is 6.12. The molecule has 3 aromatic rings. The van der Waals surface area contributed by atoms with Gasteiger partial charge in [-0.05, 0) is 30.5 Å². The predicted octanol–water partition coefficient (Wildman–Crippen LogP) is 4.10. The van der Waals surface area contributed by atoms with E-state index < -0.39 is 17.8 Å². The maximum Gasteiger partial charge on any atom is 0.435 e. The van der Waals surface area contributed by atoms with E-state index in [0.29, 0.717) is 17.3 Å². The van der Waals surface area contributed by atoms with Crippen LogP contribution in [0.25, 0.3) is 0 Å². The first kappa shape index (κ1) is 20.4. The Kier molecular flexibility index (Phi) is 5.50. The minimum Gasteiger partial charge on any atom is -0.293 e. The van der Waals surface area contributed by atoms with Crippen molar-refractivity contribution in [3.63, 3.8) is 0 Å². The molecular formula is C19H18ClF3N6O. The maximum atomic E-state index is 13.0. The van der Waals surface area contributed by atoms with Gasteiger partial charge in [-0.2, -0.15) is 18.3 Å². The molecule has 30 heavy (non-hydrogen) atoms. The third-order valence-electron chi connectivity index (χ3n) is 4.73. The highest BCUT2D eigenvalue weighted by Crippen LogP contribution is 2.42. The van der Waals surface area contributed by atoms with Crippen LogP contribution < -0.4 is 5.32 Å². The average molecular weight is 439 g/mol. The Labute approximate surface area is 174 Å². The molecule has 0 spiro atoms. The molecule has 1 N–H and O–H groups in total. The van der Waals surface area contributed by atoms with E-state index in [9.17, 15) is 18.0 Å². The average Bonchev–Trinajstić information content (AvgIpc) is 3.28. The number of amides is 1. The van der Waals surface area contributed by atoms with Crippen molar-refractivity contribution in [1.29, 1.82) is 0 Å². The van der Waals surface area contributed by atoms with E-state index >= 15 is 0 Å². The predicted molar refractivity (Wildman–Crippen MR) is 103 cm³/mol. The van der Waals surface area contributed by atoms with Gasteiger partial charge in [-0.1, -0.05) is 29.8 Å². The van der Waals surface area contributed by atoms with E-state index in [-0.39, 0.29) is 24.8 Å². The number of rotatable bonds is 7. The van der Waals surface area contributed by atoms with Gasteiger partial charge in [-0.3, -0.25) is 14.8 Å². The van der Waals surface area contributed by atoms with Crippen molar-refractivity contribution in [2.45, 2.75) is 44.4 Å². The van der Waals surface area contributed by atoms with Crippen molar-refractivity contribution in [3.8, 4) is 0 Å². The Hall–Kier alpha value is -2.88. The minimum atomic E-state index is -4.50. The highest BCUT2D eigenvalue weighted by molar-refractivity contribution is 6.31. The molecule has 158 valence electrons. The lowest BCUT2D eigenvalue weighted by Crippen LogP contribution is -2.17. The van der Waals surface area contributed by atoms with Crippen molar-refractivity contribution in [2.24, 2.45) is 0 Å². The maximum absolute atomic E-state index is 13.0. The van der Waals surface area contributed by atoms with E-state index in [4.69, 9.17) is 11.6 Å². The molecule has 0 radical (unpaired) electrons. The molecule has 0 unspecified atom stereocenters. The van der Waals surface area contributed by atoms with Crippen LogP contribution in [0.3, 0.4) is 0 Å². The number of aromatic nitrogens is 5. The summed E-state index contributed by atoms with van der Waals surface area (Å²) in [5.41, 5.74) is 0.454. The number of carbonyl (C=O) groups excluding carboxylic acids is 1. The Morgan fingerprint density at radius 1 is 1.23 bits per heavy atom. The Morgan fingerprint density at radius 3 is 2.70 bits per heavy atom. The highest BCUT2D eigenvalue weighted by Gasteiger charge is 2.37. The van der Waals surface area contributed by atoms with Gasteiger partial charge in [0.2, 0.25) is 11.9 Å². The van der Waals surface area contributed by atoms with Gasteiger partial charge >= 0.3 is 6.18 Å². The van der Waals surface area contributed by atoms with Crippen LogP contribution in [-0.2, 0) is 24.1 Å². The molecule has 1 aromatic carbocycles. The van der Waals surface area contributed by atoms with Gasteiger partial charge in [0.15, 0.2) is 5.69 Å². The minimum absolute atomic E-state index is 0.0439. The van der Waals surface area contributed by atoms with Gasteiger partial charge < -0.3 is 0 Å². The van der Waals surface area contributed by atoms with Crippen molar-refractivity contribution in [1.82, 2.24) is 24.5 Å².